The van der Waals surface area contributed by atoms with Crippen LogP contribution in [0.3, 0.4) is 0 Å². The molecule has 3 heterocycles. The molecule has 0 spiro atoms. The third-order valence-electron chi connectivity index (χ3n) is 6.80. The van der Waals surface area contributed by atoms with E-state index in [1.54, 1.807) is 0 Å². The third kappa shape index (κ3) is 2.51. The summed E-state index contributed by atoms with van der Waals surface area (Å²) in [4.78, 5) is 18.5. The van der Waals surface area contributed by atoms with Crippen LogP contribution in [0.15, 0.2) is 4.79 Å². The molecule has 0 unspecified atom stereocenters. The SMILES string of the molecule is Cn1nc([C@@H]2CCCCN2C2(I)CCC2)c2c3c(c(=O)[nH]c21)CCCC3. The summed E-state index contributed by atoms with van der Waals surface area (Å²) >= 11 is 2.70. The van der Waals surface area contributed by atoms with Crippen LogP contribution in [0.4, 0.5) is 0 Å². The molecule has 0 aromatic carbocycles. The number of rotatable bonds is 2. The molecular weight excluding hydrogens is 439 g/mol. The van der Waals surface area contributed by atoms with E-state index in [0.717, 1.165) is 30.5 Å². The summed E-state index contributed by atoms with van der Waals surface area (Å²) in [5, 5.41) is 6.25. The van der Waals surface area contributed by atoms with Crippen molar-refractivity contribution in [2.24, 2.45) is 7.05 Å². The van der Waals surface area contributed by atoms with Crippen molar-refractivity contribution in [3.63, 3.8) is 0 Å². The predicted molar refractivity (Wildman–Crippen MR) is 112 cm³/mol. The average molecular weight is 466 g/mol. The minimum Gasteiger partial charge on any atom is -0.307 e. The van der Waals surface area contributed by atoms with Gasteiger partial charge in [-0.1, -0.05) is 29.0 Å². The highest BCUT2D eigenvalue weighted by atomic mass is 127. The molecule has 5 rings (SSSR count). The average Bonchev–Trinajstić information content (AvgIpc) is 2.97. The molecule has 2 aromatic heterocycles. The topological polar surface area (TPSA) is 53.9 Å². The quantitative estimate of drug-likeness (QED) is 0.414. The van der Waals surface area contributed by atoms with E-state index < -0.39 is 0 Å². The summed E-state index contributed by atoms with van der Waals surface area (Å²) in [6.07, 6.45) is 11.9. The molecule has 1 aliphatic heterocycles. The largest absolute Gasteiger partial charge is 0.307 e. The Morgan fingerprint density at radius 2 is 1.88 bits per heavy atom. The zero-order chi connectivity index (χ0) is 17.9. The first kappa shape index (κ1) is 17.2. The molecule has 1 atom stereocenters. The second-order valence-electron chi connectivity index (χ2n) is 8.33. The summed E-state index contributed by atoms with van der Waals surface area (Å²) < 4.78 is 2.23. The van der Waals surface area contributed by atoms with Gasteiger partial charge in [0.25, 0.3) is 5.56 Å². The lowest BCUT2D eigenvalue weighted by Crippen LogP contribution is -2.52. The Labute approximate surface area is 167 Å². The van der Waals surface area contributed by atoms with Crippen LogP contribution in [0, 0.1) is 0 Å². The Hall–Kier alpha value is -0.890. The van der Waals surface area contributed by atoms with E-state index in [2.05, 4.69) is 32.5 Å². The maximum atomic E-state index is 12.6. The van der Waals surface area contributed by atoms with Crippen molar-refractivity contribution in [1.82, 2.24) is 19.7 Å². The molecule has 0 bridgehead atoms. The fourth-order valence-electron chi connectivity index (χ4n) is 5.28. The molecule has 0 amide bonds. The number of fused-ring (bicyclic) bond motifs is 3. The van der Waals surface area contributed by atoms with Crippen LogP contribution < -0.4 is 5.56 Å². The normalized spacial score (nSPS) is 25.8. The first-order chi connectivity index (χ1) is 12.6. The number of aryl methyl sites for hydroxylation is 2. The van der Waals surface area contributed by atoms with Gasteiger partial charge < -0.3 is 4.98 Å². The maximum Gasteiger partial charge on any atom is 0.253 e. The highest BCUT2D eigenvalue weighted by molar-refractivity contribution is 14.1. The van der Waals surface area contributed by atoms with E-state index in [9.17, 15) is 4.79 Å². The van der Waals surface area contributed by atoms with Crippen LogP contribution in [0.25, 0.3) is 11.0 Å². The van der Waals surface area contributed by atoms with E-state index >= 15 is 0 Å². The first-order valence-electron chi connectivity index (χ1n) is 10.1. The second kappa shape index (κ2) is 6.33. The zero-order valence-electron chi connectivity index (χ0n) is 15.5. The predicted octanol–water partition coefficient (Wildman–Crippen LogP) is 3.98. The summed E-state index contributed by atoms with van der Waals surface area (Å²) in [6, 6.07) is 0.390. The van der Waals surface area contributed by atoms with Crippen molar-refractivity contribution in [2.75, 3.05) is 6.54 Å². The number of nitrogens with zero attached hydrogens (tertiary/aromatic N) is 3. The van der Waals surface area contributed by atoms with Crippen LogP contribution in [0.1, 0.15) is 74.2 Å². The van der Waals surface area contributed by atoms with Crippen LogP contribution in [-0.2, 0) is 19.9 Å². The second-order valence-corrected chi connectivity index (χ2v) is 10.3. The molecule has 1 saturated heterocycles. The van der Waals surface area contributed by atoms with Crippen molar-refractivity contribution in [3.8, 4) is 0 Å². The van der Waals surface area contributed by atoms with Crippen molar-refractivity contribution in [2.45, 2.75) is 73.8 Å². The maximum absolute atomic E-state index is 12.6. The number of piperidine rings is 1. The van der Waals surface area contributed by atoms with Gasteiger partial charge in [-0.25, -0.2) is 0 Å². The van der Waals surface area contributed by atoms with Gasteiger partial charge in [0.2, 0.25) is 0 Å². The number of hydrogen-bond acceptors (Lipinski definition) is 3. The molecule has 2 aromatic rings. The van der Waals surface area contributed by atoms with E-state index in [1.165, 1.54) is 68.1 Å². The minimum atomic E-state index is 0.103. The number of nitrogens with one attached hydrogen (secondary N) is 1. The molecule has 0 radical (unpaired) electrons. The van der Waals surface area contributed by atoms with E-state index in [1.807, 2.05) is 11.7 Å². The molecule has 1 saturated carbocycles. The van der Waals surface area contributed by atoms with Crippen LogP contribution in [-0.4, -0.2) is 29.8 Å². The molecular formula is C20H27IN4O. The third-order valence-corrected chi connectivity index (χ3v) is 8.50. The Morgan fingerprint density at radius 3 is 2.62 bits per heavy atom. The Bertz CT molecular complexity index is 911. The summed E-state index contributed by atoms with van der Waals surface area (Å²) in [6.45, 7) is 1.18. The number of likely N-dealkylation sites (tertiary alicyclic amines) is 1. The summed E-state index contributed by atoms with van der Waals surface area (Å²) in [5.74, 6) is 0. The van der Waals surface area contributed by atoms with Crippen LogP contribution in [0.5, 0.6) is 0 Å². The molecule has 26 heavy (non-hydrogen) atoms. The molecule has 2 aliphatic carbocycles. The van der Waals surface area contributed by atoms with Crippen molar-refractivity contribution >= 4 is 33.6 Å². The Kier molecular flexibility index (Phi) is 4.19. The number of alkyl halides is 1. The van der Waals surface area contributed by atoms with E-state index in [0.29, 0.717) is 9.59 Å². The molecule has 3 aliphatic rings. The number of aromatic nitrogens is 3. The molecule has 140 valence electrons. The van der Waals surface area contributed by atoms with Crippen LogP contribution in [0.2, 0.25) is 0 Å². The lowest BCUT2D eigenvalue weighted by molar-refractivity contribution is 0.0378. The number of hydrogen-bond donors (Lipinski definition) is 1. The lowest BCUT2D eigenvalue weighted by atomic mass is 9.85. The standard InChI is InChI=1S/C20H27IN4O/c1-24-18-16(13-7-2-3-8-14(13)19(26)22-18)17(23-24)15-9-4-5-12-25(15)20(21)10-6-11-20/h15H,2-12H2,1H3,(H,22,26)/t15-/m0/s1. The Morgan fingerprint density at radius 1 is 1.12 bits per heavy atom. The lowest BCUT2D eigenvalue weighted by Gasteiger charge is -2.51. The number of H-pyrrole nitrogens is 1. The fraction of sp³-hybridized carbons (Fsp3) is 0.700. The van der Waals surface area contributed by atoms with E-state index in [4.69, 9.17) is 5.10 Å². The first-order valence-corrected chi connectivity index (χ1v) is 11.2. The highest BCUT2D eigenvalue weighted by Crippen LogP contribution is 2.50. The number of pyridine rings is 1. The van der Waals surface area contributed by atoms with Gasteiger partial charge in [0.15, 0.2) is 0 Å². The molecule has 1 N–H and O–H groups in total. The fourth-order valence-corrected chi connectivity index (χ4v) is 6.63. The highest BCUT2D eigenvalue weighted by Gasteiger charge is 2.45. The monoisotopic (exact) mass is 466 g/mol. The van der Waals surface area contributed by atoms with Gasteiger partial charge in [0.05, 0.1) is 15.3 Å². The van der Waals surface area contributed by atoms with E-state index in [-0.39, 0.29) is 5.56 Å². The van der Waals surface area contributed by atoms with Gasteiger partial charge in [-0.2, -0.15) is 5.10 Å². The number of halogens is 1. The van der Waals surface area contributed by atoms with Crippen molar-refractivity contribution < 1.29 is 0 Å². The van der Waals surface area contributed by atoms with Gasteiger partial charge in [-0.15, -0.1) is 0 Å². The summed E-state index contributed by atoms with van der Waals surface area (Å²) in [7, 11) is 1.98. The summed E-state index contributed by atoms with van der Waals surface area (Å²) in [5.41, 5.74) is 4.56. The van der Waals surface area contributed by atoms with Gasteiger partial charge >= 0.3 is 0 Å². The minimum absolute atomic E-state index is 0.103. The molecule has 6 heteroatoms. The zero-order valence-corrected chi connectivity index (χ0v) is 17.6. The number of aromatic amines is 1. The van der Waals surface area contributed by atoms with Crippen molar-refractivity contribution in [3.05, 3.63) is 27.2 Å². The molecule has 2 fully saturated rings. The van der Waals surface area contributed by atoms with Gasteiger partial charge in [-0.05, 0) is 63.4 Å². The Balaban J connectivity index is 1.70. The van der Waals surface area contributed by atoms with Crippen LogP contribution >= 0.6 is 22.6 Å². The smallest absolute Gasteiger partial charge is 0.253 e. The van der Waals surface area contributed by atoms with Gasteiger partial charge in [0.1, 0.15) is 5.65 Å². The van der Waals surface area contributed by atoms with Gasteiger partial charge in [0, 0.05) is 24.5 Å². The molecule has 5 nitrogen and oxygen atoms in total. The van der Waals surface area contributed by atoms with Gasteiger partial charge in [-0.3, -0.25) is 14.4 Å². The van der Waals surface area contributed by atoms with Crippen molar-refractivity contribution in [1.29, 1.82) is 0 Å².